The highest BCUT2D eigenvalue weighted by atomic mass is 31.3. The first-order valence-electron chi connectivity index (χ1n) is 9.13. The van der Waals surface area contributed by atoms with Crippen molar-refractivity contribution in [3.05, 3.63) is 12.7 Å². The summed E-state index contributed by atoms with van der Waals surface area (Å²) in [6.07, 6.45) is -1.76. The molecular formula is C12H18N7O12P3. The summed E-state index contributed by atoms with van der Waals surface area (Å²) in [5.41, 5.74) is 6.10. The number of nitrogens with one attached hydrogen (secondary N) is 2. The van der Waals surface area contributed by atoms with E-state index in [0.717, 1.165) is 6.33 Å². The van der Waals surface area contributed by atoms with E-state index in [4.69, 9.17) is 10.5 Å². The molecule has 2 aliphatic rings. The molecule has 2 fully saturated rings. The van der Waals surface area contributed by atoms with Crippen molar-refractivity contribution >= 4 is 46.3 Å². The number of aliphatic hydroxyl groups excluding tert-OH is 1. The van der Waals surface area contributed by atoms with Gasteiger partial charge in [-0.15, -0.1) is 0 Å². The van der Waals surface area contributed by atoms with Gasteiger partial charge in [0.2, 0.25) is 5.91 Å². The number of nitrogen functional groups attached to an aromatic ring is 1. The van der Waals surface area contributed by atoms with E-state index >= 15 is 0 Å². The number of rotatable bonds is 1. The Hall–Kier alpha value is -1.85. The molecule has 0 saturated carbocycles. The lowest BCUT2D eigenvalue weighted by Gasteiger charge is -2.22. The molecule has 4 rings (SSSR count). The molecule has 7 atom stereocenters. The number of aliphatic hydroxyl groups is 1. The van der Waals surface area contributed by atoms with Gasteiger partial charge in [0.05, 0.1) is 25.5 Å². The Bertz CT molecular complexity index is 1260. The van der Waals surface area contributed by atoms with E-state index in [1.54, 1.807) is 5.09 Å². The quantitative estimate of drug-likeness (QED) is 0.193. The smallest absolute Gasteiger partial charge is 0.386 e. The Labute approximate surface area is 189 Å². The number of anilines is 1. The fourth-order valence-electron chi connectivity index (χ4n) is 3.26. The summed E-state index contributed by atoms with van der Waals surface area (Å²) in [7, 11) is -16.1. The van der Waals surface area contributed by atoms with Crippen molar-refractivity contribution < 1.29 is 56.2 Å². The van der Waals surface area contributed by atoms with Crippen molar-refractivity contribution in [2.75, 3.05) is 18.9 Å². The molecule has 4 heterocycles. The molecule has 0 spiro atoms. The maximum atomic E-state index is 12.3. The van der Waals surface area contributed by atoms with Crippen molar-refractivity contribution in [2.45, 2.75) is 24.5 Å². The van der Waals surface area contributed by atoms with Crippen LogP contribution in [-0.2, 0) is 36.4 Å². The Morgan fingerprint density at radius 1 is 1.12 bits per heavy atom. The summed E-state index contributed by atoms with van der Waals surface area (Å²) in [5.74, 6) is -0.928. The van der Waals surface area contributed by atoms with Crippen molar-refractivity contribution in [3.63, 3.8) is 0 Å². The summed E-state index contributed by atoms with van der Waals surface area (Å²) in [4.78, 5) is 53.0. The fourth-order valence-corrected chi connectivity index (χ4v) is 6.91. The number of carbonyl (C=O) groups is 1. The van der Waals surface area contributed by atoms with Gasteiger partial charge in [-0.2, -0.15) is 8.62 Å². The first-order chi connectivity index (χ1) is 15.8. The molecule has 1 amide bonds. The highest BCUT2D eigenvalue weighted by Crippen LogP contribution is 2.66. The monoisotopic (exact) mass is 545 g/mol. The molecule has 188 valence electrons. The summed E-state index contributed by atoms with van der Waals surface area (Å²) in [5, 5.41) is 14.9. The van der Waals surface area contributed by atoms with Crippen LogP contribution in [0.15, 0.2) is 12.7 Å². The van der Waals surface area contributed by atoms with E-state index in [1.165, 1.54) is 10.9 Å². The minimum absolute atomic E-state index is 0.0453. The molecule has 2 aromatic rings. The number of hydrogen-bond acceptors (Lipinski definition) is 13. The molecule has 2 saturated heterocycles. The number of nitrogens with two attached hydrogens (primary N) is 1. The number of hydrogen-bond donors (Lipinski definition) is 7. The number of aromatic nitrogens is 4. The van der Waals surface area contributed by atoms with Crippen LogP contribution in [0.5, 0.6) is 0 Å². The molecule has 22 heteroatoms. The maximum absolute atomic E-state index is 12.3. The third-order valence-corrected chi connectivity index (χ3v) is 9.02. The van der Waals surface area contributed by atoms with Gasteiger partial charge < -0.3 is 35.6 Å². The van der Waals surface area contributed by atoms with E-state index in [9.17, 15) is 38.3 Å². The first-order valence-corrected chi connectivity index (χ1v) is 13.7. The fraction of sp³-hybridized carbons (Fsp3) is 0.500. The zero-order chi connectivity index (χ0) is 24.9. The summed E-state index contributed by atoms with van der Waals surface area (Å²) >= 11 is 0. The van der Waals surface area contributed by atoms with Gasteiger partial charge >= 0.3 is 23.4 Å². The number of carbonyl (C=O) groups excluding carboxylic acids is 1. The zero-order valence-corrected chi connectivity index (χ0v) is 19.3. The van der Waals surface area contributed by atoms with Crippen molar-refractivity contribution in [1.29, 1.82) is 0 Å². The van der Waals surface area contributed by atoms with E-state index in [0.29, 0.717) is 0 Å². The van der Waals surface area contributed by atoms with Gasteiger partial charge in [0.1, 0.15) is 24.1 Å². The lowest BCUT2D eigenvalue weighted by Crippen LogP contribution is -2.50. The highest BCUT2D eigenvalue weighted by Gasteiger charge is 2.48. The van der Waals surface area contributed by atoms with E-state index in [2.05, 4.69) is 33.4 Å². The van der Waals surface area contributed by atoms with Crippen LogP contribution in [0.3, 0.4) is 0 Å². The van der Waals surface area contributed by atoms with Gasteiger partial charge in [-0.1, -0.05) is 0 Å². The third kappa shape index (κ3) is 5.36. The number of ether oxygens (including phenoxy) is 1. The molecule has 19 nitrogen and oxygen atoms in total. The van der Waals surface area contributed by atoms with Crippen LogP contribution in [0.2, 0.25) is 0 Å². The topological polar surface area (TPSA) is 280 Å². The predicted molar refractivity (Wildman–Crippen MR) is 107 cm³/mol. The minimum atomic E-state index is -5.61. The van der Waals surface area contributed by atoms with Crippen LogP contribution in [0.1, 0.15) is 6.23 Å². The molecule has 0 bridgehead atoms. The molecule has 2 aliphatic heterocycles. The van der Waals surface area contributed by atoms with Crippen molar-refractivity contribution in [1.82, 2.24) is 29.9 Å². The van der Waals surface area contributed by atoms with Gasteiger partial charge in [-0.3, -0.25) is 13.9 Å². The van der Waals surface area contributed by atoms with Gasteiger partial charge in [0.15, 0.2) is 17.7 Å². The molecule has 0 aliphatic carbocycles. The second-order valence-electron chi connectivity index (χ2n) is 6.98. The summed E-state index contributed by atoms with van der Waals surface area (Å²) in [6.45, 7) is -1.77. The van der Waals surface area contributed by atoms with Crippen LogP contribution < -0.4 is 16.1 Å². The van der Waals surface area contributed by atoms with Gasteiger partial charge in [0.25, 0.3) is 0 Å². The Morgan fingerprint density at radius 2 is 1.85 bits per heavy atom. The lowest BCUT2D eigenvalue weighted by atomic mass is 10.1. The molecule has 34 heavy (non-hydrogen) atoms. The standard InChI is InChI=1S/C12H18N7O12P3/c13-10-8-11(15-3-14-10)19(4-16-8)12-9(21)7-5(29-12)2-28-33(24,25)31-34(26,27)30-32(22,23)17-1-6(20)18-7/h3-5,7,9,12,21H,1-2H2,(H,18,20)(H,24,25)(H,26,27)(H2,13,14,15)(H2,17,22,23)/t5-,7-,9-,12-/m1/s1. The Kier molecular flexibility index (Phi) is 6.67. The number of amides is 1. The van der Waals surface area contributed by atoms with Crippen LogP contribution in [0.4, 0.5) is 5.82 Å². The second kappa shape index (κ2) is 8.98. The van der Waals surface area contributed by atoms with Gasteiger partial charge in [0, 0.05) is 0 Å². The zero-order valence-electron chi connectivity index (χ0n) is 16.6. The molecular weight excluding hydrogens is 527 g/mol. The molecule has 8 N–H and O–H groups in total. The number of imidazole rings is 1. The van der Waals surface area contributed by atoms with Crippen LogP contribution in [0, 0.1) is 0 Å². The predicted octanol–water partition coefficient (Wildman–Crippen LogP) is -1.89. The van der Waals surface area contributed by atoms with Crippen LogP contribution in [0.25, 0.3) is 11.2 Å². The Balaban J connectivity index is 1.65. The highest BCUT2D eigenvalue weighted by molar-refractivity contribution is 7.67. The van der Waals surface area contributed by atoms with Crippen LogP contribution >= 0.6 is 23.4 Å². The number of phosphoric acid groups is 2. The normalized spacial score (nSPS) is 40.1. The van der Waals surface area contributed by atoms with E-state index < -0.39 is 66.9 Å². The van der Waals surface area contributed by atoms with Crippen molar-refractivity contribution in [2.24, 2.45) is 0 Å². The van der Waals surface area contributed by atoms with E-state index in [-0.39, 0.29) is 17.0 Å². The average molecular weight is 545 g/mol. The largest absolute Gasteiger partial charge is 0.489 e. The summed E-state index contributed by atoms with van der Waals surface area (Å²) < 4.78 is 55.3. The first kappa shape index (κ1) is 25.2. The second-order valence-corrected chi connectivity index (χ2v) is 11.8. The molecule has 2 aromatic heterocycles. The number of phosphoric ester groups is 1. The van der Waals surface area contributed by atoms with Crippen molar-refractivity contribution in [3.8, 4) is 0 Å². The lowest BCUT2D eigenvalue weighted by molar-refractivity contribution is -0.121. The molecule has 0 aromatic carbocycles. The molecule has 3 unspecified atom stereocenters. The van der Waals surface area contributed by atoms with E-state index in [1.807, 2.05) is 0 Å². The third-order valence-electron chi connectivity index (χ3n) is 4.63. The number of fused-ring (bicyclic) bond motifs is 2. The average Bonchev–Trinajstić information content (AvgIpc) is 3.25. The maximum Gasteiger partial charge on any atom is 0.489 e. The SMILES string of the molecule is Nc1ncnc2c1ncn2[C@@H]1O[C@@H]2COP(=O)(O)OP(=O)(O)OP(=O)(O)NCC(=O)N[C@H]2[C@H]1O. The van der Waals surface area contributed by atoms with Gasteiger partial charge in [-0.05, 0) is 0 Å². The van der Waals surface area contributed by atoms with Gasteiger partial charge in [-0.25, -0.2) is 33.7 Å². The van der Waals surface area contributed by atoms with Crippen LogP contribution in [-0.4, -0.2) is 76.6 Å². The molecule has 0 radical (unpaired) electrons. The number of nitrogens with zero attached hydrogens (tertiary/aromatic N) is 4. The summed E-state index contributed by atoms with van der Waals surface area (Å²) in [6, 6.07) is -1.31. The minimum Gasteiger partial charge on any atom is -0.386 e. The Morgan fingerprint density at radius 3 is 2.59 bits per heavy atom.